The van der Waals surface area contributed by atoms with Gasteiger partial charge in [-0.1, -0.05) is 23.7 Å². The lowest BCUT2D eigenvalue weighted by Crippen LogP contribution is -2.01. The number of nitrogens with zero attached hydrogens (tertiary/aromatic N) is 1. The molecule has 0 aliphatic carbocycles. The molecule has 2 aromatic rings. The Morgan fingerprint density at radius 1 is 1.47 bits per heavy atom. The molecule has 6 heteroatoms. The standard InChI is InChI=1S/C13H11ClN2O2S/c1-18-13(17)12-11(5-6-19-12)16-15-8-9-3-2-4-10(14)7-9/h2-8,16H,1H3. The van der Waals surface area contributed by atoms with Crippen LogP contribution in [0, 0.1) is 0 Å². The highest BCUT2D eigenvalue weighted by atomic mass is 35.5. The number of halogens is 1. The maximum atomic E-state index is 11.5. The molecule has 0 atom stereocenters. The zero-order valence-electron chi connectivity index (χ0n) is 10.1. The lowest BCUT2D eigenvalue weighted by Gasteiger charge is -2.01. The lowest BCUT2D eigenvalue weighted by atomic mass is 10.2. The topological polar surface area (TPSA) is 50.7 Å². The van der Waals surface area contributed by atoms with Crippen molar-refractivity contribution < 1.29 is 9.53 Å². The minimum atomic E-state index is -0.379. The third-order valence-electron chi connectivity index (χ3n) is 2.28. The molecule has 0 amide bonds. The molecule has 98 valence electrons. The molecule has 0 fully saturated rings. The largest absolute Gasteiger partial charge is 0.465 e. The highest BCUT2D eigenvalue weighted by molar-refractivity contribution is 7.12. The molecule has 0 aliphatic rings. The minimum absolute atomic E-state index is 0.379. The van der Waals surface area contributed by atoms with E-state index in [1.165, 1.54) is 18.4 Å². The van der Waals surface area contributed by atoms with Crippen molar-refractivity contribution in [3.8, 4) is 0 Å². The number of nitrogens with one attached hydrogen (secondary N) is 1. The van der Waals surface area contributed by atoms with Crippen molar-refractivity contribution in [1.82, 2.24) is 0 Å². The van der Waals surface area contributed by atoms with E-state index in [-0.39, 0.29) is 5.97 Å². The van der Waals surface area contributed by atoms with Gasteiger partial charge >= 0.3 is 5.97 Å². The number of benzene rings is 1. The van der Waals surface area contributed by atoms with Gasteiger partial charge in [-0.3, -0.25) is 5.43 Å². The average molecular weight is 295 g/mol. The van der Waals surface area contributed by atoms with E-state index in [9.17, 15) is 4.79 Å². The summed E-state index contributed by atoms with van der Waals surface area (Å²) in [5.41, 5.74) is 4.30. The van der Waals surface area contributed by atoms with Crippen LogP contribution in [0.15, 0.2) is 40.8 Å². The first-order valence-electron chi connectivity index (χ1n) is 5.41. The van der Waals surface area contributed by atoms with Crippen LogP contribution in [0.2, 0.25) is 5.02 Å². The van der Waals surface area contributed by atoms with Crippen molar-refractivity contribution in [1.29, 1.82) is 0 Å². The van der Waals surface area contributed by atoms with Crippen LogP contribution in [0.5, 0.6) is 0 Å². The maximum Gasteiger partial charge on any atom is 0.350 e. The Bertz CT molecular complexity index is 610. The van der Waals surface area contributed by atoms with Crippen LogP contribution >= 0.6 is 22.9 Å². The maximum absolute atomic E-state index is 11.5. The summed E-state index contributed by atoms with van der Waals surface area (Å²) in [6.07, 6.45) is 1.63. The minimum Gasteiger partial charge on any atom is -0.465 e. The number of hydrogen-bond acceptors (Lipinski definition) is 5. The van der Waals surface area contributed by atoms with Gasteiger partial charge in [-0.25, -0.2) is 4.79 Å². The lowest BCUT2D eigenvalue weighted by molar-refractivity contribution is 0.0607. The third kappa shape index (κ3) is 3.56. The Morgan fingerprint density at radius 3 is 3.05 bits per heavy atom. The normalized spacial score (nSPS) is 10.6. The van der Waals surface area contributed by atoms with Gasteiger partial charge in [0.2, 0.25) is 0 Å². The molecule has 4 nitrogen and oxygen atoms in total. The summed E-state index contributed by atoms with van der Waals surface area (Å²) in [5.74, 6) is -0.379. The predicted molar refractivity (Wildman–Crippen MR) is 78.3 cm³/mol. The molecule has 1 heterocycles. The smallest absolute Gasteiger partial charge is 0.350 e. The first-order chi connectivity index (χ1) is 9.20. The van der Waals surface area contributed by atoms with Crippen LogP contribution in [-0.2, 0) is 4.74 Å². The van der Waals surface area contributed by atoms with Crippen LogP contribution in [0.1, 0.15) is 15.2 Å². The molecule has 1 aromatic heterocycles. The molecule has 0 saturated heterocycles. The number of carbonyl (C=O) groups is 1. The summed E-state index contributed by atoms with van der Waals surface area (Å²) >= 11 is 7.17. The van der Waals surface area contributed by atoms with Gasteiger partial charge in [0, 0.05) is 5.02 Å². The summed E-state index contributed by atoms with van der Waals surface area (Å²) in [6, 6.07) is 9.08. The fraction of sp³-hybridized carbons (Fsp3) is 0.0769. The molecule has 0 spiro atoms. The van der Waals surface area contributed by atoms with Crippen molar-refractivity contribution in [2.75, 3.05) is 12.5 Å². The highest BCUT2D eigenvalue weighted by Gasteiger charge is 2.12. The summed E-state index contributed by atoms with van der Waals surface area (Å²) < 4.78 is 4.68. The molecule has 0 bridgehead atoms. The van der Waals surface area contributed by atoms with Gasteiger partial charge in [-0.2, -0.15) is 5.10 Å². The van der Waals surface area contributed by atoms with Crippen molar-refractivity contribution in [2.45, 2.75) is 0 Å². The van der Waals surface area contributed by atoms with E-state index in [1.807, 2.05) is 12.1 Å². The molecule has 1 aromatic carbocycles. The van der Waals surface area contributed by atoms with Crippen molar-refractivity contribution in [2.24, 2.45) is 5.10 Å². The number of rotatable bonds is 4. The molecule has 0 unspecified atom stereocenters. The molecular weight excluding hydrogens is 284 g/mol. The van der Waals surface area contributed by atoms with Gasteiger partial charge in [0.1, 0.15) is 4.88 Å². The first kappa shape index (κ1) is 13.6. The Labute approximate surface area is 119 Å². The fourth-order valence-corrected chi connectivity index (χ4v) is 2.37. The number of esters is 1. The van der Waals surface area contributed by atoms with Gasteiger partial charge in [-0.15, -0.1) is 11.3 Å². The second-order valence-corrected chi connectivity index (χ2v) is 4.93. The number of hydrogen-bond donors (Lipinski definition) is 1. The van der Waals surface area contributed by atoms with Gasteiger partial charge in [-0.05, 0) is 29.1 Å². The first-order valence-corrected chi connectivity index (χ1v) is 6.67. The monoisotopic (exact) mass is 294 g/mol. The number of carbonyl (C=O) groups excluding carboxylic acids is 1. The summed E-state index contributed by atoms with van der Waals surface area (Å²) in [7, 11) is 1.35. The molecule has 0 saturated carbocycles. The van der Waals surface area contributed by atoms with E-state index in [1.54, 1.807) is 29.8 Å². The van der Waals surface area contributed by atoms with E-state index >= 15 is 0 Å². The summed E-state index contributed by atoms with van der Waals surface area (Å²) in [5, 5.41) is 6.51. The highest BCUT2D eigenvalue weighted by Crippen LogP contribution is 2.23. The third-order valence-corrected chi connectivity index (χ3v) is 3.41. The van der Waals surface area contributed by atoms with E-state index in [0.717, 1.165) is 5.56 Å². The van der Waals surface area contributed by atoms with Crippen molar-refractivity contribution >= 4 is 40.8 Å². The van der Waals surface area contributed by atoms with Gasteiger partial charge in [0.25, 0.3) is 0 Å². The molecule has 0 radical (unpaired) electrons. The number of anilines is 1. The van der Waals surface area contributed by atoms with Crippen LogP contribution < -0.4 is 5.43 Å². The van der Waals surface area contributed by atoms with Gasteiger partial charge in [0.15, 0.2) is 0 Å². The number of thiophene rings is 1. The van der Waals surface area contributed by atoms with Crippen LogP contribution in [0.4, 0.5) is 5.69 Å². The SMILES string of the molecule is COC(=O)c1sccc1NN=Cc1cccc(Cl)c1. The van der Waals surface area contributed by atoms with E-state index in [2.05, 4.69) is 15.3 Å². The Hall–Kier alpha value is -1.85. The van der Waals surface area contributed by atoms with Crippen molar-refractivity contribution in [3.05, 3.63) is 51.2 Å². The molecule has 0 aliphatic heterocycles. The zero-order chi connectivity index (χ0) is 13.7. The van der Waals surface area contributed by atoms with E-state index in [4.69, 9.17) is 11.6 Å². The zero-order valence-corrected chi connectivity index (χ0v) is 11.7. The number of methoxy groups -OCH3 is 1. The fourth-order valence-electron chi connectivity index (χ4n) is 1.41. The Morgan fingerprint density at radius 2 is 2.32 bits per heavy atom. The number of hydrazone groups is 1. The van der Waals surface area contributed by atoms with E-state index < -0.39 is 0 Å². The Balaban J connectivity index is 2.07. The Kier molecular flexibility index (Phi) is 4.54. The van der Waals surface area contributed by atoms with E-state index in [0.29, 0.717) is 15.6 Å². The number of ether oxygens (including phenoxy) is 1. The van der Waals surface area contributed by atoms with Crippen molar-refractivity contribution in [3.63, 3.8) is 0 Å². The summed E-state index contributed by atoms with van der Waals surface area (Å²) in [6.45, 7) is 0. The van der Waals surface area contributed by atoms with Crippen LogP contribution in [0.25, 0.3) is 0 Å². The molecule has 19 heavy (non-hydrogen) atoms. The molecule has 2 rings (SSSR count). The molecular formula is C13H11ClN2O2S. The quantitative estimate of drug-likeness (QED) is 0.532. The summed E-state index contributed by atoms with van der Waals surface area (Å²) in [4.78, 5) is 11.9. The average Bonchev–Trinajstić information content (AvgIpc) is 2.86. The van der Waals surface area contributed by atoms with Gasteiger partial charge < -0.3 is 4.74 Å². The van der Waals surface area contributed by atoms with Crippen LogP contribution in [0.3, 0.4) is 0 Å². The van der Waals surface area contributed by atoms with Gasteiger partial charge in [0.05, 0.1) is 19.0 Å². The predicted octanol–water partition coefficient (Wildman–Crippen LogP) is 3.63. The second kappa shape index (κ2) is 6.36. The second-order valence-electron chi connectivity index (χ2n) is 3.58. The molecule has 1 N–H and O–H groups in total. The van der Waals surface area contributed by atoms with Crippen LogP contribution in [-0.4, -0.2) is 19.3 Å².